The Balaban J connectivity index is 2.92. The summed E-state index contributed by atoms with van der Waals surface area (Å²) in [7, 11) is 1.43. The molecule has 0 heterocycles. The van der Waals surface area contributed by atoms with E-state index in [4.69, 9.17) is 4.74 Å². The van der Waals surface area contributed by atoms with E-state index in [1.165, 1.54) is 20.1 Å². The molecule has 1 amide bonds. The molecule has 5 nitrogen and oxygen atoms in total. The van der Waals surface area contributed by atoms with Gasteiger partial charge in [0.1, 0.15) is 0 Å². The number of hydrogen-bond donors (Lipinski definition) is 2. The fourth-order valence-corrected chi connectivity index (χ4v) is 1.40. The predicted octanol–water partition coefficient (Wildman–Crippen LogP) is 1.36. The molecule has 0 saturated heterocycles. The number of methoxy groups -OCH3 is 1. The maximum atomic E-state index is 10.9. The van der Waals surface area contributed by atoms with Crippen molar-refractivity contribution in [2.45, 2.75) is 6.92 Å². The first kappa shape index (κ1) is 13.8. The molecule has 1 rings (SSSR count). The van der Waals surface area contributed by atoms with Gasteiger partial charge in [-0.05, 0) is 17.7 Å². The number of aromatic hydroxyl groups is 1. The van der Waals surface area contributed by atoms with Crippen molar-refractivity contribution in [3.05, 3.63) is 29.3 Å². The Morgan fingerprint density at radius 2 is 2.17 bits per heavy atom. The van der Waals surface area contributed by atoms with Gasteiger partial charge in [0, 0.05) is 19.0 Å². The molecule has 0 aliphatic carbocycles. The van der Waals surface area contributed by atoms with Crippen LogP contribution in [0, 0.1) is 0 Å². The summed E-state index contributed by atoms with van der Waals surface area (Å²) in [6.07, 6.45) is 4.04. The highest BCUT2D eigenvalue weighted by molar-refractivity contribution is 5.83. The number of carbonyl (C=O) groups is 2. The van der Waals surface area contributed by atoms with Gasteiger partial charge >= 0.3 is 0 Å². The van der Waals surface area contributed by atoms with Crippen molar-refractivity contribution < 1.29 is 19.4 Å². The topological polar surface area (TPSA) is 75.6 Å². The van der Waals surface area contributed by atoms with Gasteiger partial charge in [0.15, 0.2) is 17.8 Å². The smallest absolute Gasteiger partial charge is 0.217 e. The van der Waals surface area contributed by atoms with Gasteiger partial charge in [-0.2, -0.15) is 0 Å². The van der Waals surface area contributed by atoms with Crippen LogP contribution in [-0.2, 0) is 4.79 Å². The molecule has 0 radical (unpaired) electrons. The Kier molecular flexibility index (Phi) is 4.92. The second kappa shape index (κ2) is 6.44. The molecule has 2 N–H and O–H groups in total. The quantitative estimate of drug-likeness (QED) is 0.773. The Hall–Kier alpha value is -2.30. The van der Waals surface area contributed by atoms with E-state index in [9.17, 15) is 14.7 Å². The molecule has 0 saturated carbocycles. The second-order valence-electron chi connectivity index (χ2n) is 3.61. The number of benzene rings is 1. The maximum absolute atomic E-state index is 10.9. The summed E-state index contributed by atoms with van der Waals surface area (Å²) >= 11 is 0. The molecule has 0 aliphatic heterocycles. The SMILES string of the molecule is COc1cc(C=CCNC(C)=O)c(C=O)cc1O. The number of phenols is 1. The molecule has 0 bridgehead atoms. The lowest BCUT2D eigenvalue weighted by molar-refractivity contribution is -0.118. The summed E-state index contributed by atoms with van der Waals surface area (Å²) in [5, 5.41) is 12.1. The molecule has 0 unspecified atom stereocenters. The number of amides is 1. The zero-order valence-electron chi connectivity index (χ0n) is 10.3. The number of carbonyl (C=O) groups excluding carboxylic acids is 2. The van der Waals surface area contributed by atoms with E-state index >= 15 is 0 Å². The third-order valence-corrected chi connectivity index (χ3v) is 2.28. The van der Waals surface area contributed by atoms with Gasteiger partial charge < -0.3 is 15.2 Å². The third kappa shape index (κ3) is 3.62. The van der Waals surface area contributed by atoms with E-state index in [0.29, 0.717) is 29.7 Å². The average Bonchev–Trinajstić information content (AvgIpc) is 2.35. The van der Waals surface area contributed by atoms with E-state index in [1.54, 1.807) is 18.2 Å². The first-order chi connectivity index (χ1) is 8.58. The summed E-state index contributed by atoms with van der Waals surface area (Å²) < 4.78 is 4.96. The van der Waals surface area contributed by atoms with Crippen LogP contribution in [0.5, 0.6) is 11.5 Å². The molecule has 18 heavy (non-hydrogen) atoms. The maximum Gasteiger partial charge on any atom is 0.217 e. The lowest BCUT2D eigenvalue weighted by Gasteiger charge is -2.06. The number of rotatable bonds is 5. The summed E-state index contributed by atoms with van der Waals surface area (Å²) in [5.41, 5.74) is 0.970. The lowest BCUT2D eigenvalue weighted by atomic mass is 10.1. The highest BCUT2D eigenvalue weighted by Crippen LogP contribution is 2.29. The molecule has 0 aromatic heterocycles. The van der Waals surface area contributed by atoms with Crippen LogP contribution in [0.2, 0.25) is 0 Å². The van der Waals surface area contributed by atoms with Gasteiger partial charge in [-0.15, -0.1) is 0 Å². The van der Waals surface area contributed by atoms with Crippen molar-refractivity contribution >= 4 is 18.3 Å². The van der Waals surface area contributed by atoms with Crippen molar-refractivity contribution in [3.63, 3.8) is 0 Å². The second-order valence-corrected chi connectivity index (χ2v) is 3.61. The number of hydrogen-bond acceptors (Lipinski definition) is 4. The van der Waals surface area contributed by atoms with Gasteiger partial charge in [0.05, 0.1) is 7.11 Å². The van der Waals surface area contributed by atoms with Crippen LogP contribution < -0.4 is 10.1 Å². The van der Waals surface area contributed by atoms with Gasteiger partial charge in [0.2, 0.25) is 5.91 Å². The van der Waals surface area contributed by atoms with Gasteiger partial charge in [-0.1, -0.05) is 12.2 Å². The largest absolute Gasteiger partial charge is 0.504 e. The van der Waals surface area contributed by atoms with Crippen molar-refractivity contribution in [1.82, 2.24) is 5.32 Å². The van der Waals surface area contributed by atoms with E-state index in [0.717, 1.165) is 0 Å². The van der Waals surface area contributed by atoms with Crippen LogP contribution in [0.25, 0.3) is 6.08 Å². The van der Waals surface area contributed by atoms with Crippen LogP contribution in [0.3, 0.4) is 0 Å². The van der Waals surface area contributed by atoms with E-state index in [1.807, 2.05) is 0 Å². The van der Waals surface area contributed by atoms with Crippen LogP contribution in [0.4, 0.5) is 0 Å². The van der Waals surface area contributed by atoms with Crippen LogP contribution in [0.15, 0.2) is 18.2 Å². The summed E-state index contributed by atoms with van der Waals surface area (Å²) in [6, 6.07) is 2.90. The van der Waals surface area contributed by atoms with Crippen LogP contribution in [0.1, 0.15) is 22.8 Å². The molecule has 1 aromatic rings. The molecule has 1 aromatic carbocycles. The fourth-order valence-electron chi connectivity index (χ4n) is 1.40. The highest BCUT2D eigenvalue weighted by Gasteiger charge is 2.07. The zero-order valence-corrected chi connectivity index (χ0v) is 10.3. The first-order valence-corrected chi connectivity index (χ1v) is 5.35. The number of ether oxygens (including phenoxy) is 1. The Labute approximate surface area is 105 Å². The van der Waals surface area contributed by atoms with E-state index in [2.05, 4.69) is 5.32 Å². The van der Waals surface area contributed by atoms with Crippen molar-refractivity contribution in [2.75, 3.05) is 13.7 Å². The normalized spacial score (nSPS) is 10.3. The Morgan fingerprint density at radius 3 is 2.72 bits per heavy atom. The molecule has 0 spiro atoms. The van der Waals surface area contributed by atoms with E-state index < -0.39 is 0 Å². The molecule has 0 atom stereocenters. The third-order valence-electron chi connectivity index (χ3n) is 2.28. The number of phenolic OH excluding ortho intramolecular Hbond substituents is 1. The first-order valence-electron chi connectivity index (χ1n) is 5.35. The molecular formula is C13H15NO4. The minimum Gasteiger partial charge on any atom is -0.504 e. The fraction of sp³-hybridized carbons (Fsp3) is 0.231. The summed E-state index contributed by atoms with van der Waals surface area (Å²) in [5.74, 6) is 0.0805. The number of aldehydes is 1. The summed E-state index contributed by atoms with van der Waals surface area (Å²) in [4.78, 5) is 21.5. The zero-order chi connectivity index (χ0) is 13.5. The van der Waals surface area contributed by atoms with Crippen molar-refractivity contribution in [3.8, 4) is 11.5 Å². The van der Waals surface area contributed by atoms with Crippen molar-refractivity contribution in [2.24, 2.45) is 0 Å². The Morgan fingerprint density at radius 1 is 1.44 bits per heavy atom. The molecule has 96 valence electrons. The van der Waals surface area contributed by atoms with Crippen LogP contribution >= 0.6 is 0 Å². The molecule has 5 heteroatoms. The lowest BCUT2D eigenvalue weighted by Crippen LogP contribution is -2.19. The standard InChI is InChI=1S/C13H15NO4/c1-9(16)14-5-3-4-10-7-13(18-2)12(17)6-11(10)8-15/h3-4,6-8,17H,5H2,1-2H3,(H,14,16). The van der Waals surface area contributed by atoms with Gasteiger partial charge in [0.25, 0.3) is 0 Å². The average molecular weight is 249 g/mol. The van der Waals surface area contributed by atoms with Crippen molar-refractivity contribution in [1.29, 1.82) is 0 Å². The monoisotopic (exact) mass is 249 g/mol. The number of nitrogens with one attached hydrogen (secondary N) is 1. The molecule has 0 fully saturated rings. The van der Waals surface area contributed by atoms with Gasteiger partial charge in [-0.3, -0.25) is 9.59 Å². The van der Waals surface area contributed by atoms with E-state index in [-0.39, 0.29) is 11.7 Å². The van der Waals surface area contributed by atoms with Gasteiger partial charge in [-0.25, -0.2) is 0 Å². The molecule has 0 aliphatic rings. The Bertz CT molecular complexity index is 480. The predicted molar refractivity (Wildman–Crippen MR) is 67.8 cm³/mol. The minimum absolute atomic E-state index is 0.0846. The van der Waals surface area contributed by atoms with Crippen LogP contribution in [-0.4, -0.2) is 31.0 Å². The summed E-state index contributed by atoms with van der Waals surface area (Å²) in [6.45, 7) is 1.80. The molecular weight excluding hydrogens is 234 g/mol. The minimum atomic E-state index is -0.126. The highest BCUT2D eigenvalue weighted by atomic mass is 16.5.